The summed E-state index contributed by atoms with van der Waals surface area (Å²) >= 11 is 1.70. The van der Waals surface area contributed by atoms with Gasteiger partial charge in [-0.05, 0) is 60.5 Å². The van der Waals surface area contributed by atoms with E-state index in [-0.39, 0.29) is 23.4 Å². The number of thiophene rings is 1. The highest BCUT2D eigenvalue weighted by molar-refractivity contribution is 7.07. The monoisotopic (exact) mass is 280 g/mol. The summed E-state index contributed by atoms with van der Waals surface area (Å²) in [6.45, 7) is 7.37. The van der Waals surface area contributed by atoms with E-state index in [1.165, 1.54) is 5.56 Å². The van der Waals surface area contributed by atoms with Crippen LogP contribution in [0.3, 0.4) is 0 Å². The van der Waals surface area contributed by atoms with Gasteiger partial charge in [-0.15, -0.1) is 0 Å². The van der Waals surface area contributed by atoms with E-state index < -0.39 is 0 Å². The molecule has 0 aromatic carbocycles. The van der Waals surface area contributed by atoms with Gasteiger partial charge in [-0.1, -0.05) is 13.8 Å². The summed E-state index contributed by atoms with van der Waals surface area (Å²) in [6, 6.07) is 2.24. The molecule has 0 radical (unpaired) electrons. The molecule has 19 heavy (non-hydrogen) atoms. The van der Waals surface area contributed by atoms with Crippen LogP contribution in [0, 0.1) is 5.41 Å². The Bertz CT molecular complexity index is 414. The lowest BCUT2D eigenvalue weighted by Crippen LogP contribution is -2.57. The van der Waals surface area contributed by atoms with E-state index in [0.717, 1.165) is 25.8 Å². The number of piperidine rings is 1. The number of carbonyl (C=O) groups excluding carboxylic acids is 1. The topological polar surface area (TPSA) is 41.1 Å². The second-order valence-electron chi connectivity index (χ2n) is 6.22. The lowest BCUT2D eigenvalue weighted by Gasteiger charge is -2.38. The molecule has 106 valence electrons. The van der Waals surface area contributed by atoms with Gasteiger partial charge >= 0.3 is 0 Å². The maximum absolute atomic E-state index is 12.4. The zero-order valence-corrected chi connectivity index (χ0v) is 12.8. The molecular weight excluding hydrogens is 256 g/mol. The molecule has 0 bridgehead atoms. The second kappa shape index (κ2) is 6.06. The average molecular weight is 280 g/mol. The number of rotatable bonds is 4. The first-order valence-corrected chi connectivity index (χ1v) is 7.98. The molecule has 1 aliphatic rings. The third kappa shape index (κ3) is 3.80. The number of hydrogen-bond donors (Lipinski definition) is 2. The molecule has 1 saturated heterocycles. The molecule has 2 atom stereocenters. The molecule has 0 spiro atoms. The van der Waals surface area contributed by atoms with Gasteiger partial charge in [0.15, 0.2) is 0 Å². The Hall–Kier alpha value is -0.870. The van der Waals surface area contributed by atoms with Gasteiger partial charge in [0.2, 0.25) is 5.91 Å². The first kappa shape index (κ1) is 14.5. The van der Waals surface area contributed by atoms with Gasteiger partial charge < -0.3 is 10.6 Å². The van der Waals surface area contributed by atoms with Crippen molar-refractivity contribution in [2.75, 3.05) is 6.54 Å². The largest absolute Gasteiger partial charge is 0.352 e. The van der Waals surface area contributed by atoms with Crippen molar-refractivity contribution in [2.45, 2.75) is 52.1 Å². The molecular formula is C15H24N2OS. The van der Waals surface area contributed by atoms with Gasteiger partial charge in [-0.25, -0.2) is 0 Å². The van der Waals surface area contributed by atoms with Crippen LogP contribution in [0.2, 0.25) is 0 Å². The van der Waals surface area contributed by atoms with Crippen molar-refractivity contribution in [3.63, 3.8) is 0 Å². The van der Waals surface area contributed by atoms with Crippen molar-refractivity contribution in [1.29, 1.82) is 0 Å². The average Bonchev–Trinajstić information content (AvgIpc) is 2.80. The zero-order chi connectivity index (χ0) is 13.9. The van der Waals surface area contributed by atoms with E-state index >= 15 is 0 Å². The molecule has 2 N–H and O–H groups in total. The van der Waals surface area contributed by atoms with E-state index in [0.29, 0.717) is 0 Å². The first-order chi connectivity index (χ1) is 8.99. The Balaban J connectivity index is 1.89. The van der Waals surface area contributed by atoms with Crippen molar-refractivity contribution < 1.29 is 4.79 Å². The fourth-order valence-corrected chi connectivity index (χ4v) is 3.48. The fraction of sp³-hybridized carbons (Fsp3) is 0.667. The Morgan fingerprint density at radius 2 is 2.42 bits per heavy atom. The second-order valence-corrected chi connectivity index (χ2v) is 7.00. The Morgan fingerprint density at radius 3 is 3.05 bits per heavy atom. The van der Waals surface area contributed by atoms with E-state index in [1.807, 2.05) is 0 Å². The highest BCUT2D eigenvalue weighted by atomic mass is 32.1. The van der Waals surface area contributed by atoms with Gasteiger partial charge in [0.25, 0.3) is 0 Å². The first-order valence-electron chi connectivity index (χ1n) is 7.04. The number of carbonyl (C=O) groups is 1. The summed E-state index contributed by atoms with van der Waals surface area (Å²) in [4.78, 5) is 12.4. The molecule has 0 aliphatic carbocycles. The summed E-state index contributed by atoms with van der Waals surface area (Å²) in [5.74, 6) is 0.146. The fourth-order valence-electron chi connectivity index (χ4n) is 2.80. The van der Waals surface area contributed by atoms with Crippen LogP contribution in [0.25, 0.3) is 0 Å². The Morgan fingerprint density at radius 1 is 1.63 bits per heavy atom. The minimum absolute atomic E-state index is 0.0461. The lowest BCUT2D eigenvalue weighted by atomic mass is 9.77. The predicted octanol–water partition coefficient (Wildman–Crippen LogP) is 2.57. The maximum atomic E-state index is 12.4. The van der Waals surface area contributed by atoms with Crippen molar-refractivity contribution in [2.24, 2.45) is 5.41 Å². The third-order valence-electron chi connectivity index (χ3n) is 3.90. The van der Waals surface area contributed by atoms with Crippen LogP contribution in [0.5, 0.6) is 0 Å². The number of hydrogen-bond acceptors (Lipinski definition) is 3. The van der Waals surface area contributed by atoms with Crippen LogP contribution in [-0.2, 0) is 11.2 Å². The predicted molar refractivity (Wildman–Crippen MR) is 80.4 cm³/mol. The quantitative estimate of drug-likeness (QED) is 0.890. The number of nitrogens with one attached hydrogen (secondary N) is 2. The van der Waals surface area contributed by atoms with E-state index in [9.17, 15) is 4.79 Å². The standard InChI is InChI=1S/C15H24N2OS/c1-11(9-12-5-8-19-10-12)17-14(18)13-15(2,3)6-4-7-16-13/h5,8,10-11,13,16H,4,6-7,9H2,1-3H3,(H,17,18). The Kier molecular flexibility index (Phi) is 4.63. The van der Waals surface area contributed by atoms with E-state index in [4.69, 9.17) is 0 Å². The van der Waals surface area contributed by atoms with Crippen LogP contribution in [0.4, 0.5) is 0 Å². The van der Waals surface area contributed by atoms with Crippen LogP contribution < -0.4 is 10.6 Å². The molecule has 2 rings (SSSR count). The normalized spacial score (nSPS) is 23.8. The molecule has 2 unspecified atom stereocenters. The molecule has 1 amide bonds. The summed E-state index contributed by atoms with van der Waals surface area (Å²) in [5.41, 5.74) is 1.35. The highest BCUT2D eigenvalue weighted by Gasteiger charge is 2.37. The summed E-state index contributed by atoms with van der Waals surface area (Å²) in [5, 5.41) is 10.7. The van der Waals surface area contributed by atoms with Gasteiger partial charge in [0.1, 0.15) is 0 Å². The van der Waals surface area contributed by atoms with E-state index in [1.54, 1.807) is 11.3 Å². The van der Waals surface area contributed by atoms with Crippen molar-refractivity contribution >= 4 is 17.2 Å². The molecule has 2 heterocycles. The van der Waals surface area contributed by atoms with Gasteiger partial charge in [0.05, 0.1) is 6.04 Å². The molecule has 4 heteroatoms. The summed E-state index contributed by atoms with van der Waals surface area (Å²) in [6.07, 6.45) is 3.17. The summed E-state index contributed by atoms with van der Waals surface area (Å²) < 4.78 is 0. The molecule has 1 aromatic rings. The van der Waals surface area contributed by atoms with Gasteiger partial charge in [0, 0.05) is 6.04 Å². The van der Waals surface area contributed by atoms with Gasteiger partial charge in [-0.3, -0.25) is 4.79 Å². The van der Waals surface area contributed by atoms with Crippen molar-refractivity contribution in [1.82, 2.24) is 10.6 Å². The highest BCUT2D eigenvalue weighted by Crippen LogP contribution is 2.30. The van der Waals surface area contributed by atoms with Crippen molar-refractivity contribution in [3.05, 3.63) is 22.4 Å². The van der Waals surface area contributed by atoms with Crippen LogP contribution in [-0.4, -0.2) is 24.5 Å². The minimum Gasteiger partial charge on any atom is -0.352 e. The summed E-state index contributed by atoms with van der Waals surface area (Å²) in [7, 11) is 0. The SMILES string of the molecule is CC(Cc1ccsc1)NC(=O)C1NCCCC1(C)C. The Labute approximate surface area is 119 Å². The molecule has 1 aromatic heterocycles. The van der Waals surface area contributed by atoms with Gasteiger partial charge in [-0.2, -0.15) is 11.3 Å². The number of amides is 1. The van der Waals surface area contributed by atoms with Crippen LogP contribution >= 0.6 is 11.3 Å². The maximum Gasteiger partial charge on any atom is 0.237 e. The lowest BCUT2D eigenvalue weighted by molar-refractivity contribution is -0.127. The molecule has 3 nitrogen and oxygen atoms in total. The van der Waals surface area contributed by atoms with E-state index in [2.05, 4.69) is 48.2 Å². The van der Waals surface area contributed by atoms with Crippen molar-refractivity contribution in [3.8, 4) is 0 Å². The molecule has 0 saturated carbocycles. The molecule has 1 aliphatic heterocycles. The van der Waals surface area contributed by atoms with Crippen LogP contribution in [0.1, 0.15) is 39.2 Å². The molecule has 1 fully saturated rings. The zero-order valence-electron chi connectivity index (χ0n) is 12.0. The van der Waals surface area contributed by atoms with Crippen LogP contribution in [0.15, 0.2) is 16.8 Å². The third-order valence-corrected chi connectivity index (χ3v) is 4.63. The smallest absolute Gasteiger partial charge is 0.237 e. The minimum atomic E-state index is -0.0637.